The fraction of sp³-hybridized carbons (Fsp3) is 0.462. The highest BCUT2D eigenvalue weighted by molar-refractivity contribution is 5.81. The second-order valence-electron chi connectivity index (χ2n) is 3.93. The Balaban J connectivity index is 2.16. The van der Waals surface area contributed by atoms with Crippen LogP contribution in [0, 0.1) is 0 Å². The third-order valence-electron chi connectivity index (χ3n) is 2.83. The van der Waals surface area contributed by atoms with Crippen molar-refractivity contribution in [3.05, 3.63) is 24.3 Å². The number of ether oxygens (including phenoxy) is 1. The van der Waals surface area contributed by atoms with Gasteiger partial charge in [0.05, 0.1) is 12.3 Å². The second kappa shape index (κ2) is 5.01. The van der Waals surface area contributed by atoms with Gasteiger partial charge >= 0.3 is 0 Å². The van der Waals surface area contributed by atoms with E-state index in [0.717, 1.165) is 24.5 Å². The van der Waals surface area contributed by atoms with Crippen LogP contribution in [0.15, 0.2) is 24.3 Å². The fourth-order valence-corrected chi connectivity index (χ4v) is 1.99. The summed E-state index contributed by atoms with van der Waals surface area (Å²) in [5.41, 5.74) is 1.11. The average molecular weight is 219 g/mol. The minimum atomic E-state index is 0.366. The molecule has 1 heterocycles. The van der Waals surface area contributed by atoms with Crippen molar-refractivity contribution in [1.82, 2.24) is 0 Å². The molecule has 0 amide bonds. The van der Waals surface area contributed by atoms with Crippen molar-refractivity contribution in [2.24, 2.45) is 0 Å². The Kier molecular flexibility index (Phi) is 3.44. The maximum absolute atomic E-state index is 11.2. The first kappa shape index (κ1) is 11.0. The minimum Gasteiger partial charge on any atom is -0.492 e. The van der Waals surface area contributed by atoms with Crippen molar-refractivity contribution in [2.75, 3.05) is 24.6 Å². The molecule has 0 aromatic heterocycles. The number of carbonyl (C=O) groups excluding carboxylic acids is 1. The number of Topliss-reactive ketones (excluding diaryl/α,β-unsaturated/α-hetero) is 1. The zero-order valence-corrected chi connectivity index (χ0v) is 9.61. The molecule has 0 aliphatic carbocycles. The molecule has 0 spiro atoms. The number of piperidine rings is 1. The van der Waals surface area contributed by atoms with Gasteiger partial charge in [-0.3, -0.25) is 4.79 Å². The van der Waals surface area contributed by atoms with Crippen LogP contribution in [0.25, 0.3) is 0 Å². The van der Waals surface area contributed by atoms with Crippen LogP contribution in [0.3, 0.4) is 0 Å². The van der Waals surface area contributed by atoms with Gasteiger partial charge in [0.2, 0.25) is 0 Å². The van der Waals surface area contributed by atoms with E-state index in [0.29, 0.717) is 25.2 Å². The van der Waals surface area contributed by atoms with Gasteiger partial charge < -0.3 is 9.64 Å². The van der Waals surface area contributed by atoms with Crippen LogP contribution in [0.4, 0.5) is 5.69 Å². The molecule has 1 aromatic rings. The van der Waals surface area contributed by atoms with Gasteiger partial charge in [-0.15, -0.1) is 0 Å². The molecular formula is C13H17NO2. The van der Waals surface area contributed by atoms with Crippen molar-refractivity contribution in [3.8, 4) is 5.75 Å². The molecule has 1 aliphatic rings. The monoisotopic (exact) mass is 219 g/mol. The lowest BCUT2D eigenvalue weighted by atomic mass is 10.1. The van der Waals surface area contributed by atoms with Gasteiger partial charge in [-0.25, -0.2) is 0 Å². The van der Waals surface area contributed by atoms with Crippen molar-refractivity contribution in [3.63, 3.8) is 0 Å². The molecule has 3 nitrogen and oxygen atoms in total. The first-order valence-electron chi connectivity index (χ1n) is 5.79. The Morgan fingerprint density at radius 3 is 2.62 bits per heavy atom. The first-order valence-corrected chi connectivity index (χ1v) is 5.79. The highest BCUT2D eigenvalue weighted by Gasteiger charge is 2.18. The maximum Gasteiger partial charge on any atom is 0.142 e. The second-order valence-corrected chi connectivity index (χ2v) is 3.93. The number of nitrogens with zero attached hydrogens (tertiary/aromatic N) is 1. The van der Waals surface area contributed by atoms with Crippen LogP contribution in [-0.4, -0.2) is 25.5 Å². The molecule has 0 N–H and O–H groups in total. The zero-order chi connectivity index (χ0) is 11.4. The highest BCUT2D eigenvalue weighted by Crippen LogP contribution is 2.29. The van der Waals surface area contributed by atoms with Crippen LogP contribution in [-0.2, 0) is 4.79 Å². The van der Waals surface area contributed by atoms with Gasteiger partial charge in [0.15, 0.2) is 0 Å². The Bertz CT molecular complexity index is 366. The SMILES string of the molecule is CCOc1ccccc1N1CCC(=O)CC1. The van der Waals surface area contributed by atoms with E-state index in [1.54, 1.807) is 0 Å². The van der Waals surface area contributed by atoms with Crippen molar-refractivity contribution in [2.45, 2.75) is 19.8 Å². The molecule has 1 fully saturated rings. The molecule has 0 atom stereocenters. The summed E-state index contributed by atoms with van der Waals surface area (Å²) in [6.07, 6.45) is 1.31. The van der Waals surface area contributed by atoms with Gasteiger partial charge in [-0.05, 0) is 19.1 Å². The Morgan fingerprint density at radius 1 is 1.25 bits per heavy atom. The lowest BCUT2D eigenvalue weighted by Crippen LogP contribution is -2.33. The summed E-state index contributed by atoms with van der Waals surface area (Å²) in [7, 11) is 0. The van der Waals surface area contributed by atoms with E-state index < -0.39 is 0 Å². The third-order valence-corrected chi connectivity index (χ3v) is 2.83. The zero-order valence-electron chi connectivity index (χ0n) is 9.61. The van der Waals surface area contributed by atoms with Crippen molar-refractivity contribution >= 4 is 11.5 Å². The van der Waals surface area contributed by atoms with Crippen LogP contribution in [0.2, 0.25) is 0 Å². The van der Waals surface area contributed by atoms with E-state index in [4.69, 9.17) is 4.74 Å². The van der Waals surface area contributed by atoms with E-state index in [1.807, 2.05) is 25.1 Å². The number of hydrogen-bond acceptors (Lipinski definition) is 3. The van der Waals surface area contributed by atoms with Crippen LogP contribution in [0.5, 0.6) is 5.75 Å². The number of rotatable bonds is 3. The van der Waals surface area contributed by atoms with Crippen molar-refractivity contribution in [1.29, 1.82) is 0 Å². The van der Waals surface area contributed by atoms with Crippen LogP contribution >= 0.6 is 0 Å². The smallest absolute Gasteiger partial charge is 0.142 e. The summed E-state index contributed by atoms with van der Waals surface area (Å²) in [6, 6.07) is 8.02. The molecule has 1 saturated heterocycles. The average Bonchev–Trinajstić information content (AvgIpc) is 2.32. The Hall–Kier alpha value is -1.51. The Morgan fingerprint density at radius 2 is 1.94 bits per heavy atom. The molecule has 3 heteroatoms. The van der Waals surface area contributed by atoms with Gasteiger partial charge in [0.25, 0.3) is 0 Å². The van der Waals surface area contributed by atoms with Crippen LogP contribution in [0.1, 0.15) is 19.8 Å². The molecule has 2 rings (SSSR count). The third kappa shape index (κ3) is 2.35. The summed E-state index contributed by atoms with van der Waals surface area (Å²) in [5, 5.41) is 0. The van der Waals surface area contributed by atoms with Crippen molar-refractivity contribution < 1.29 is 9.53 Å². The number of hydrogen-bond donors (Lipinski definition) is 0. The normalized spacial score (nSPS) is 16.3. The summed E-state index contributed by atoms with van der Waals surface area (Å²) < 4.78 is 5.59. The summed E-state index contributed by atoms with van der Waals surface area (Å²) in [6.45, 7) is 4.27. The molecule has 1 aromatic carbocycles. The molecule has 16 heavy (non-hydrogen) atoms. The fourth-order valence-electron chi connectivity index (χ4n) is 1.99. The van der Waals surface area contributed by atoms with E-state index in [9.17, 15) is 4.79 Å². The van der Waals surface area contributed by atoms with Gasteiger partial charge in [0, 0.05) is 25.9 Å². The molecular weight excluding hydrogens is 202 g/mol. The Labute approximate surface area is 96.0 Å². The molecule has 0 unspecified atom stereocenters. The lowest BCUT2D eigenvalue weighted by molar-refractivity contribution is -0.119. The van der Waals surface area contributed by atoms with Gasteiger partial charge in [-0.1, -0.05) is 12.1 Å². The van der Waals surface area contributed by atoms with Gasteiger partial charge in [-0.2, -0.15) is 0 Å². The van der Waals surface area contributed by atoms with E-state index in [1.165, 1.54) is 0 Å². The predicted octanol–water partition coefficient (Wildman–Crippen LogP) is 2.25. The summed E-state index contributed by atoms with van der Waals surface area (Å²) >= 11 is 0. The lowest BCUT2D eigenvalue weighted by Gasteiger charge is -2.29. The first-order chi connectivity index (χ1) is 7.81. The highest BCUT2D eigenvalue weighted by atomic mass is 16.5. The molecule has 0 radical (unpaired) electrons. The van der Waals surface area contributed by atoms with E-state index >= 15 is 0 Å². The number of anilines is 1. The number of ketones is 1. The minimum absolute atomic E-state index is 0.366. The largest absolute Gasteiger partial charge is 0.492 e. The standard InChI is InChI=1S/C13H17NO2/c1-2-16-13-6-4-3-5-12(13)14-9-7-11(15)8-10-14/h3-6H,2,7-10H2,1H3. The molecule has 0 bridgehead atoms. The molecule has 0 saturated carbocycles. The summed E-state index contributed by atoms with van der Waals surface area (Å²) in [5.74, 6) is 1.28. The molecule has 1 aliphatic heterocycles. The number of carbonyl (C=O) groups is 1. The number of para-hydroxylation sites is 2. The van der Waals surface area contributed by atoms with Gasteiger partial charge in [0.1, 0.15) is 11.5 Å². The van der Waals surface area contributed by atoms with E-state index in [2.05, 4.69) is 11.0 Å². The maximum atomic E-state index is 11.2. The predicted molar refractivity (Wildman–Crippen MR) is 64.1 cm³/mol. The summed E-state index contributed by atoms with van der Waals surface area (Å²) in [4.78, 5) is 13.4. The topological polar surface area (TPSA) is 29.5 Å². The van der Waals surface area contributed by atoms with Crippen LogP contribution < -0.4 is 9.64 Å². The van der Waals surface area contributed by atoms with E-state index in [-0.39, 0.29) is 0 Å². The number of benzene rings is 1. The molecule has 86 valence electrons. The quantitative estimate of drug-likeness (QED) is 0.781.